The van der Waals surface area contributed by atoms with Crippen LogP contribution in [-0.2, 0) is 20.9 Å². The molecule has 2 aromatic heterocycles. The number of thiazole rings is 1. The Hall–Kier alpha value is -3.19. The summed E-state index contributed by atoms with van der Waals surface area (Å²) in [5, 5.41) is 2.44. The predicted octanol–water partition coefficient (Wildman–Crippen LogP) is 4.25. The van der Waals surface area contributed by atoms with Gasteiger partial charge in [-0.05, 0) is 35.7 Å². The number of rotatable bonds is 7. The fraction of sp³-hybridized carbons (Fsp3) is 0.190. The molecule has 144 valence electrons. The van der Waals surface area contributed by atoms with Gasteiger partial charge in [0.15, 0.2) is 0 Å². The quantitative estimate of drug-likeness (QED) is 0.338. The molecule has 6 nitrogen and oxygen atoms in total. The van der Waals surface area contributed by atoms with E-state index >= 15 is 0 Å². The van der Waals surface area contributed by atoms with Gasteiger partial charge in [-0.2, -0.15) is 0 Å². The van der Waals surface area contributed by atoms with Crippen molar-refractivity contribution in [3.8, 4) is 16.6 Å². The zero-order valence-corrected chi connectivity index (χ0v) is 16.7. The Morgan fingerprint density at radius 1 is 1.18 bits per heavy atom. The van der Waals surface area contributed by atoms with Crippen LogP contribution in [0.25, 0.3) is 17.0 Å². The van der Waals surface area contributed by atoms with E-state index in [2.05, 4.69) is 9.97 Å². The van der Waals surface area contributed by atoms with Gasteiger partial charge in [0, 0.05) is 11.6 Å². The minimum absolute atomic E-state index is 0.252. The Bertz CT molecular complexity index is 997. The van der Waals surface area contributed by atoms with Crippen molar-refractivity contribution < 1.29 is 19.0 Å². The molecule has 28 heavy (non-hydrogen) atoms. The van der Waals surface area contributed by atoms with Crippen LogP contribution in [0, 0.1) is 6.92 Å². The van der Waals surface area contributed by atoms with Crippen molar-refractivity contribution in [2.75, 3.05) is 14.2 Å². The van der Waals surface area contributed by atoms with Crippen LogP contribution in [0.15, 0.2) is 54.2 Å². The van der Waals surface area contributed by atoms with Crippen LogP contribution in [0.4, 0.5) is 0 Å². The van der Waals surface area contributed by atoms with Crippen molar-refractivity contribution >= 4 is 22.9 Å². The first kappa shape index (κ1) is 19.6. The number of pyridine rings is 1. The van der Waals surface area contributed by atoms with Gasteiger partial charge in [-0.3, -0.25) is 4.98 Å². The molecular formula is C21H20N2O4S. The lowest BCUT2D eigenvalue weighted by Crippen LogP contribution is -2.08. The summed E-state index contributed by atoms with van der Waals surface area (Å²) in [6, 6.07) is 11.4. The minimum Gasteiger partial charge on any atom is -0.503 e. The summed E-state index contributed by atoms with van der Waals surface area (Å²) in [7, 11) is 2.82. The number of methoxy groups -OCH3 is 2. The third-order valence-electron chi connectivity index (χ3n) is 3.96. The van der Waals surface area contributed by atoms with Gasteiger partial charge in [0.05, 0.1) is 26.2 Å². The van der Waals surface area contributed by atoms with Crippen molar-refractivity contribution in [3.63, 3.8) is 0 Å². The zero-order chi connectivity index (χ0) is 19.9. The molecule has 0 aliphatic carbocycles. The Labute approximate surface area is 167 Å². The van der Waals surface area contributed by atoms with Crippen LogP contribution in [0.3, 0.4) is 0 Å². The molecule has 0 bridgehead atoms. The minimum atomic E-state index is -0.476. The average molecular weight is 396 g/mol. The molecular weight excluding hydrogens is 376 g/mol. The number of hydrogen-bond donors (Lipinski definition) is 0. The molecule has 0 aliphatic rings. The van der Waals surface area contributed by atoms with Crippen LogP contribution >= 0.6 is 11.3 Å². The smallest absolute Gasteiger partial charge is 0.341 e. The molecule has 3 aromatic rings. The Kier molecular flexibility index (Phi) is 6.39. The number of esters is 1. The average Bonchev–Trinajstić information content (AvgIpc) is 3.19. The standard InChI is InChI=1S/C21H20N2O4S/c1-14-8-9-22-18(10-14)19-13-28-21(23-19)27-11-15-6-4-5-7-16(15)17(12-25-2)20(24)26-3/h4-10,12-13H,11H2,1-3H3/b17-12+. The molecule has 0 atom stereocenters. The monoisotopic (exact) mass is 396 g/mol. The molecule has 0 unspecified atom stereocenters. The highest BCUT2D eigenvalue weighted by Gasteiger charge is 2.17. The van der Waals surface area contributed by atoms with Crippen molar-refractivity contribution in [2.24, 2.45) is 0 Å². The summed E-state index contributed by atoms with van der Waals surface area (Å²) in [5.41, 5.74) is 4.53. The van der Waals surface area contributed by atoms with Gasteiger partial charge >= 0.3 is 5.97 Å². The molecule has 0 radical (unpaired) electrons. The second-order valence-electron chi connectivity index (χ2n) is 5.92. The highest BCUT2D eigenvalue weighted by Crippen LogP contribution is 2.27. The lowest BCUT2D eigenvalue weighted by atomic mass is 10.0. The van der Waals surface area contributed by atoms with Crippen molar-refractivity contribution in [1.82, 2.24) is 9.97 Å². The summed E-state index contributed by atoms with van der Waals surface area (Å²) in [6.07, 6.45) is 3.13. The van der Waals surface area contributed by atoms with Gasteiger partial charge in [0.25, 0.3) is 5.19 Å². The number of benzene rings is 1. The molecule has 0 aliphatic heterocycles. The lowest BCUT2D eigenvalue weighted by molar-refractivity contribution is -0.133. The largest absolute Gasteiger partial charge is 0.503 e. The fourth-order valence-corrected chi connectivity index (χ4v) is 3.28. The van der Waals surface area contributed by atoms with E-state index in [4.69, 9.17) is 14.2 Å². The van der Waals surface area contributed by atoms with Crippen LogP contribution < -0.4 is 4.74 Å². The Morgan fingerprint density at radius 2 is 2.00 bits per heavy atom. The Balaban J connectivity index is 1.79. The first-order valence-corrected chi connectivity index (χ1v) is 9.41. The van der Waals surface area contributed by atoms with Gasteiger partial charge in [0.1, 0.15) is 17.9 Å². The van der Waals surface area contributed by atoms with E-state index in [9.17, 15) is 4.79 Å². The van der Waals surface area contributed by atoms with Gasteiger partial charge in [-0.25, -0.2) is 9.78 Å². The maximum Gasteiger partial charge on any atom is 0.341 e. The Morgan fingerprint density at radius 3 is 2.75 bits per heavy atom. The molecule has 7 heteroatoms. The zero-order valence-electron chi connectivity index (χ0n) is 15.8. The number of ether oxygens (including phenoxy) is 3. The first-order valence-electron chi connectivity index (χ1n) is 8.53. The molecule has 2 heterocycles. The van der Waals surface area contributed by atoms with Crippen molar-refractivity contribution in [1.29, 1.82) is 0 Å². The third-order valence-corrected chi connectivity index (χ3v) is 4.71. The van der Waals surface area contributed by atoms with Crippen molar-refractivity contribution in [3.05, 3.63) is 70.9 Å². The van der Waals surface area contributed by atoms with E-state index in [1.54, 1.807) is 6.20 Å². The van der Waals surface area contributed by atoms with Gasteiger partial charge in [-0.1, -0.05) is 35.6 Å². The SMILES string of the molecule is CO/C=C(/C(=O)OC)c1ccccc1COc1nc(-c2cc(C)ccn2)cs1. The van der Waals surface area contributed by atoms with Crippen LogP contribution in [0.2, 0.25) is 0 Å². The van der Waals surface area contributed by atoms with E-state index in [1.807, 2.05) is 48.7 Å². The number of carbonyl (C=O) groups excluding carboxylic acids is 1. The summed E-state index contributed by atoms with van der Waals surface area (Å²) in [5.74, 6) is -0.476. The number of carbonyl (C=O) groups is 1. The molecule has 0 saturated carbocycles. The molecule has 0 amide bonds. The summed E-state index contributed by atoms with van der Waals surface area (Å²) < 4.78 is 15.8. The van der Waals surface area contributed by atoms with Crippen LogP contribution in [0.1, 0.15) is 16.7 Å². The van der Waals surface area contributed by atoms with E-state index in [0.717, 1.165) is 22.5 Å². The maximum absolute atomic E-state index is 12.1. The molecule has 0 saturated heterocycles. The maximum atomic E-state index is 12.1. The number of aryl methyl sites for hydroxylation is 1. The third kappa shape index (κ3) is 4.55. The normalized spacial score (nSPS) is 11.2. The number of nitrogens with zero attached hydrogens (tertiary/aromatic N) is 2. The second-order valence-corrected chi connectivity index (χ2v) is 6.74. The molecule has 3 rings (SSSR count). The first-order chi connectivity index (χ1) is 13.6. The van der Waals surface area contributed by atoms with E-state index in [-0.39, 0.29) is 6.61 Å². The topological polar surface area (TPSA) is 70.5 Å². The van der Waals surface area contributed by atoms with Crippen molar-refractivity contribution in [2.45, 2.75) is 13.5 Å². The predicted molar refractivity (Wildman–Crippen MR) is 108 cm³/mol. The van der Waals surface area contributed by atoms with Crippen LogP contribution in [-0.4, -0.2) is 30.2 Å². The molecule has 1 aromatic carbocycles. The van der Waals surface area contributed by atoms with Gasteiger partial charge in [-0.15, -0.1) is 0 Å². The lowest BCUT2D eigenvalue weighted by Gasteiger charge is -2.11. The van der Waals surface area contributed by atoms with Gasteiger partial charge in [0.2, 0.25) is 0 Å². The van der Waals surface area contributed by atoms with Crippen LogP contribution in [0.5, 0.6) is 5.19 Å². The van der Waals surface area contributed by atoms with E-state index in [0.29, 0.717) is 16.3 Å². The fourth-order valence-electron chi connectivity index (χ4n) is 2.62. The number of hydrogen-bond acceptors (Lipinski definition) is 7. The summed E-state index contributed by atoms with van der Waals surface area (Å²) >= 11 is 1.40. The van der Waals surface area contributed by atoms with E-state index in [1.165, 1.54) is 31.8 Å². The molecule has 0 fully saturated rings. The summed E-state index contributed by atoms with van der Waals surface area (Å²) in [6.45, 7) is 2.26. The summed E-state index contributed by atoms with van der Waals surface area (Å²) in [4.78, 5) is 20.9. The second kappa shape index (κ2) is 9.14. The van der Waals surface area contributed by atoms with E-state index < -0.39 is 5.97 Å². The highest BCUT2D eigenvalue weighted by atomic mass is 32.1. The molecule has 0 N–H and O–H groups in total. The highest BCUT2D eigenvalue weighted by molar-refractivity contribution is 7.11. The number of aromatic nitrogens is 2. The molecule has 0 spiro atoms. The van der Waals surface area contributed by atoms with Gasteiger partial charge < -0.3 is 14.2 Å².